The first-order valence-electron chi connectivity index (χ1n) is 4.97. The molecule has 1 N–H and O–H groups in total. The van der Waals surface area contributed by atoms with Crippen LogP contribution in [0.4, 0.5) is 4.79 Å². The van der Waals surface area contributed by atoms with Crippen molar-refractivity contribution in [2.75, 3.05) is 0 Å². The Bertz CT molecular complexity index is 312. The number of carbonyl (C=O) groups excluding carboxylic acids is 1. The van der Waals surface area contributed by atoms with E-state index in [-0.39, 0.29) is 12.1 Å². The Labute approximate surface area is 89.7 Å². The molecular weight excluding hydrogens is 192 g/mol. The molecule has 0 bridgehead atoms. The van der Waals surface area contributed by atoms with Crippen LogP contribution >= 0.6 is 0 Å². The Morgan fingerprint density at radius 1 is 1.40 bits per heavy atom. The third kappa shape index (κ3) is 3.97. The van der Waals surface area contributed by atoms with Crippen LogP contribution in [0.3, 0.4) is 0 Å². The summed E-state index contributed by atoms with van der Waals surface area (Å²) in [5, 5.41) is 2.70. The normalized spacial score (nSPS) is 12.3. The van der Waals surface area contributed by atoms with Crippen molar-refractivity contribution in [3.05, 3.63) is 30.1 Å². The van der Waals surface area contributed by atoms with E-state index in [2.05, 4.69) is 10.3 Å². The van der Waals surface area contributed by atoms with Crippen LogP contribution in [0.1, 0.15) is 32.5 Å². The summed E-state index contributed by atoms with van der Waals surface area (Å²) in [5.41, 5.74) is 0.818. The average Bonchev–Trinajstić information content (AvgIpc) is 2.17. The second-order valence-electron chi connectivity index (χ2n) is 3.57. The Kier molecular flexibility index (Phi) is 4.09. The van der Waals surface area contributed by atoms with Gasteiger partial charge in [0.15, 0.2) is 0 Å². The number of hydrogen-bond donors (Lipinski definition) is 1. The zero-order valence-electron chi connectivity index (χ0n) is 9.23. The van der Waals surface area contributed by atoms with Crippen molar-refractivity contribution < 1.29 is 9.53 Å². The van der Waals surface area contributed by atoms with E-state index in [1.165, 1.54) is 0 Å². The van der Waals surface area contributed by atoms with Crippen molar-refractivity contribution in [3.63, 3.8) is 0 Å². The zero-order chi connectivity index (χ0) is 11.3. The van der Waals surface area contributed by atoms with Gasteiger partial charge in [0.25, 0.3) is 0 Å². The van der Waals surface area contributed by atoms with E-state index >= 15 is 0 Å². The van der Waals surface area contributed by atoms with Crippen molar-refractivity contribution in [3.8, 4) is 0 Å². The molecule has 0 aliphatic rings. The van der Waals surface area contributed by atoms with Gasteiger partial charge in [-0.2, -0.15) is 0 Å². The fourth-order valence-electron chi connectivity index (χ4n) is 1.13. The summed E-state index contributed by atoms with van der Waals surface area (Å²) in [6.07, 6.45) is 1.17. The number of rotatable bonds is 3. The van der Waals surface area contributed by atoms with Crippen LogP contribution in [0.5, 0.6) is 0 Å². The van der Waals surface area contributed by atoms with Gasteiger partial charge in [-0.15, -0.1) is 0 Å². The van der Waals surface area contributed by atoms with Gasteiger partial charge >= 0.3 is 6.09 Å². The van der Waals surface area contributed by atoms with Gasteiger partial charge in [-0.05, 0) is 32.9 Å². The second-order valence-corrected chi connectivity index (χ2v) is 3.57. The van der Waals surface area contributed by atoms with E-state index < -0.39 is 6.09 Å². The van der Waals surface area contributed by atoms with E-state index in [1.807, 2.05) is 39.0 Å². The molecule has 1 atom stereocenters. The third-order valence-electron chi connectivity index (χ3n) is 1.81. The van der Waals surface area contributed by atoms with Crippen LogP contribution in [-0.4, -0.2) is 17.2 Å². The maximum absolute atomic E-state index is 11.3. The standard InChI is InChI=1S/C11H16N2O2/c1-8(2)15-11(14)13-9(3)10-6-4-5-7-12-10/h4-9H,1-3H3,(H,13,14). The SMILES string of the molecule is CC(C)OC(=O)NC(C)c1ccccn1. The van der Waals surface area contributed by atoms with Crippen molar-refractivity contribution in [2.45, 2.75) is 32.9 Å². The number of pyridine rings is 1. The van der Waals surface area contributed by atoms with Gasteiger partial charge in [0.05, 0.1) is 17.8 Å². The maximum atomic E-state index is 11.3. The molecule has 82 valence electrons. The quantitative estimate of drug-likeness (QED) is 0.829. The number of hydrogen-bond acceptors (Lipinski definition) is 3. The molecule has 15 heavy (non-hydrogen) atoms. The zero-order valence-corrected chi connectivity index (χ0v) is 9.23. The number of alkyl carbamates (subject to hydrolysis) is 1. The van der Waals surface area contributed by atoms with Gasteiger partial charge in [0.2, 0.25) is 0 Å². The fourth-order valence-corrected chi connectivity index (χ4v) is 1.13. The monoisotopic (exact) mass is 208 g/mol. The van der Waals surface area contributed by atoms with Gasteiger partial charge in [-0.25, -0.2) is 4.79 Å². The topological polar surface area (TPSA) is 51.2 Å². The summed E-state index contributed by atoms with van der Waals surface area (Å²) in [6, 6.07) is 5.44. The number of aromatic nitrogens is 1. The van der Waals surface area contributed by atoms with Gasteiger partial charge in [0.1, 0.15) is 0 Å². The van der Waals surface area contributed by atoms with Gasteiger partial charge < -0.3 is 10.1 Å². The molecule has 1 amide bonds. The Morgan fingerprint density at radius 3 is 2.67 bits per heavy atom. The van der Waals surface area contributed by atoms with E-state index in [4.69, 9.17) is 4.74 Å². The van der Waals surface area contributed by atoms with Gasteiger partial charge in [-0.3, -0.25) is 4.98 Å². The van der Waals surface area contributed by atoms with Crippen molar-refractivity contribution in [1.82, 2.24) is 10.3 Å². The Balaban J connectivity index is 2.49. The highest BCUT2D eigenvalue weighted by Gasteiger charge is 2.11. The summed E-state index contributed by atoms with van der Waals surface area (Å²) in [6.45, 7) is 5.49. The molecule has 0 aliphatic heterocycles. The summed E-state index contributed by atoms with van der Waals surface area (Å²) in [4.78, 5) is 15.4. The third-order valence-corrected chi connectivity index (χ3v) is 1.81. The highest BCUT2D eigenvalue weighted by Crippen LogP contribution is 2.07. The lowest BCUT2D eigenvalue weighted by Gasteiger charge is -2.14. The van der Waals surface area contributed by atoms with Crippen LogP contribution in [-0.2, 0) is 4.74 Å². The molecule has 1 rings (SSSR count). The second kappa shape index (κ2) is 5.34. The molecule has 4 heteroatoms. The Hall–Kier alpha value is -1.58. The molecule has 0 saturated heterocycles. The van der Waals surface area contributed by atoms with E-state index in [0.717, 1.165) is 5.69 Å². The molecule has 0 radical (unpaired) electrons. The predicted molar refractivity (Wildman–Crippen MR) is 57.4 cm³/mol. The first-order valence-corrected chi connectivity index (χ1v) is 4.97. The van der Waals surface area contributed by atoms with Gasteiger partial charge in [-0.1, -0.05) is 6.07 Å². The van der Waals surface area contributed by atoms with E-state index in [1.54, 1.807) is 6.20 Å². The summed E-state index contributed by atoms with van der Waals surface area (Å²) in [7, 11) is 0. The number of carbonyl (C=O) groups is 1. The molecule has 0 aliphatic carbocycles. The summed E-state index contributed by atoms with van der Waals surface area (Å²) < 4.78 is 4.96. The number of nitrogens with zero attached hydrogens (tertiary/aromatic N) is 1. The average molecular weight is 208 g/mol. The van der Waals surface area contributed by atoms with Crippen LogP contribution in [0, 0.1) is 0 Å². The van der Waals surface area contributed by atoms with Crippen LogP contribution < -0.4 is 5.32 Å². The molecule has 0 saturated carbocycles. The first kappa shape index (κ1) is 11.5. The minimum Gasteiger partial charge on any atom is -0.447 e. The Morgan fingerprint density at radius 2 is 2.13 bits per heavy atom. The highest BCUT2D eigenvalue weighted by atomic mass is 16.6. The van der Waals surface area contributed by atoms with Crippen LogP contribution in [0.25, 0.3) is 0 Å². The van der Waals surface area contributed by atoms with Gasteiger partial charge in [0, 0.05) is 6.20 Å². The minimum absolute atomic E-state index is 0.110. The molecule has 1 aromatic rings. The van der Waals surface area contributed by atoms with Crippen molar-refractivity contribution in [2.24, 2.45) is 0 Å². The molecule has 1 aromatic heterocycles. The van der Waals surface area contributed by atoms with Crippen molar-refractivity contribution >= 4 is 6.09 Å². The summed E-state index contributed by atoms with van der Waals surface area (Å²) >= 11 is 0. The molecule has 1 unspecified atom stereocenters. The van der Waals surface area contributed by atoms with E-state index in [0.29, 0.717) is 0 Å². The van der Waals surface area contributed by atoms with E-state index in [9.17, 15) is 4.79 Å². The van der Waals surface area contributed by atoms with Crippen LogP contribution in [0.2, 0.25) is 0 Å². The number of ether oxygens (including phenoxy) is 1. The van der Waals surface area contributed by atoms with Crippen molar-refractivity contribution in [1.29, 1.82) is 0 Å². The minimum atomic E-state index is -0.414. The smallest absolute Gasteiger partial charge is 0.407 e. The molecule has 4 nitrogen and oxygen atoms in total. The number of nitrogens with one attached hydrogen (secondary N) is 1. The predicted octanol–water partition coefficient (Wildman–Crippen LogP) is 2.28. The first-order chi connectivity index (χ1) is 7.09. The fraction of sp³-hybridized carbons (Fsp3) is 0.455. The molecule has 1 heterocycles. The molecule has 0 aromatic carbocycles. The summed E-state index contributed by atoms with van der Waals surface area (Å²) in [5.74, 6) is 0. The maximum Gasteiger partial charge on any atom is 0.407 e. The number of amides is 1. The highest BCUT2D eigenvalue weighted by molar-refractivity contribution is 5.67. The molecule has 0 fully saturated rings. The lowest BCUT2D eigenvalue weighted by molar-refractivity contribution is 0.112. The molecule has 0 spiro atoms. The lowest BCUT2D eigenvalue weighted by atomic mass is 10.2. The molecular formula is C11H16N2O2. The van der Waals surface area contributed by atoms with Crippen LogP contribution in [0.15, 0.2) is 24.4 Å². The lowest BCUT2D eigenvalue weighted by Crippen LogP contribution is -2.29. The largest absolute Gasteiger partial charge is 0.447 e.